The highest BCUT2D eigenvalue weighted by Crippen LogP contribution is 2.13. The van der Waals surface area contributed by atoms with Crippen LogP contribution in [0.2, 0.25) is 0 Å². The summed E-state index contributed by atoms with van der Waals surface area (Å²) in [6.45, 7) is 6.89. The summed E-state index contributed by atoms with van der Waals surface area (Å²) >= 11 is 0. The van der Waals surface area contributed by atoms with Gasteiger partial charge in [0.05, 0.1) is 6.61 Å². The monoisotopic (exact) mass is 284 g/mol. The average Bonchev–Trinajstić information content (AvgIpc) is 2.50. The van der Waals surface area contributed by atoms with Crippen LogP contribution in [0.1, 0.15) is 31.4 Å². The molecule has 1 N–H and O–H groups in total. The van der Waals surface area contributed by atoms with Crippen molar-refractivity contribution in [2.24, 2.45) is 5.92 Å². The van der Waals surface area contributed by atoms with E-state index in [2.05, 4.69) is 42.3 Å². The highest BCUT2D eigenvalue weighted by Gasteiger charge is 1.98. The lowest BCUT2D eigenvalue weighted by Gasteiger charge is -2.09. The van der Waals surface area contributed by atoms with Crippen molar-refractivity contribution >= 4 is 0 Å². The normalized spacial score (nSPS) is 10.8. The number of ether oxygens (including phenoxy) is 1. The average molecular weight is 284 g/mol. The van der Waals surface area contributed by atoms with Crippen molar-refractivity contribution in [3.8, 4) is 5.75 Å². The summed E-state index contributed by atoms with van der Waals surface area (Å²) in [6, 6.07) is 12.3. The SMILES string of the molecule is CC(C)CCOc1ccc(CNCc2cccnc2)cc1. The highest BCUT2D eigenvalue weighted by molar-refractivity contribution is 5.27. The molecule has 0 saturated carbocycles. The van der Waals surface area contributed by atoms with Gasteiger partial charge in [0, 0.05) is 25.5 Å². The lowest BCUT2D eigenvalue weighted by Crippen LogP contribution is -2.12. The van der Waals surface area contributed by atoms with Crippen molar-refractivity contribution in [2.45, 2.75) is 33.4 Å². The lowest BCUT2D eigenvalue weighted by molar-refractivity contribution is 0.289. The molecular weight excluding hydrogens is 260 g/mol. The maximum Gasteiger partial charge on any atom is 0.119 e. The van der Waals surface area contributed by atoms with Gasteiger partial charge >= 0.3 is 0 Å². The first-order valence-corrected chi connectivity index (χ1v) is 7.55. The Hall–Kier alpha value is -1.87. The minimum Gasteiger partial charge on any atom is -0.494 e. The molecule has 0 fully saturated rings. The zero-order chi connectivity index (χ0) is 14.9. The Labute approximate surface area is 127 Å². The molecule has 1 aromatic carbocycles. The molecular formula is C18H24N2O. The van der Waals surface area contributed by atoms with Crippen molar-refractivity contribution in [2.75, 3.05) is 6.61 Å². The molecule has 0 atom stereocenters. The summed E-state index contributed by atoms with van der Waals surface area (Å²) in [5, 5.41) is 3.41. The van der Waals surface area contributed by atoms with E-state index in [4.69, 9.17) is 4.74 Å². The molecule has 2 rings (SSSR count). The first-order valence-electron chi connectivity index (χ1n) is 7.55. The van der Waals surface area contributed by atoms with Gasteiger partial charge in [-0.2, -0.15) is 0 Å². The van der Waals surface area contributed by atoms with E-state index in [-0.39, 0.29) is 0 Å². The van der Waals surface area contributed by atoms with Gasteiger partial charge in [0.15, 0.2) is 0 Å². The van der Waals surface area contributed by atoms with Crippen LogP contribution in [0, 0.1) is 5.92 Å². The van der Waals surface area contributed by atoms with Crippen LogP contribution in [0.25, 0.3) is 0 Å². The van der Waals surface area contributed by atoms with Crippen LogP contribution in [0.4, 0.5) is 0 Å². The van der Waals surface area contributed by atoms with Gasteiger partial charge in [-0.1, -0.05) is 32.0 Å². The molecule has 3 heteroatoms. The molecule has 0 bridgehead atoms. The molecule has 1 heterocycles. The predicted octanol–water partition coefficient (Wildman–Crippen LogP) is 3.80. The van der Waals surface area contributed by atoms with Crippen LogP contribution < -0.4 is 10.1 Å². The van der Waals surface area contributed by atoms with E-state index in [1.54, 1.807) is 6.20 Å². The van der Waals surface area contributed by atoms with Gasteiger partial charge in [-0.3, -0.25) is 4.98 Å². The fourth-order valence-electron chi connectivity index (χ4n) is 1.97. The third-order valence-electron chi connectivity index (χ3n) is 3.27. The second kappa shape index (κ2) is 8.42. The van der Waals surface area contributed by atoms with E-state index in [1.807, 2.05) is 24.4 Å². The first kappa shape index (κ1) is 15.5. The summed E-state index contributed by atoms with van der Waals surface area (Å²) in [4.78, 5) is 4.11. The van der Waals surface area contributed by atoms with Crippen molar-refractivity contribution < 1.29 is 4.74 Å². The Kier molecular flexibility index (Phi) is 6.22. The van der Waals surface area contributed by atoms with Gasteiger partial charge in [-0.25, -0.2) is 0 Å². The minimum absolute atomic E-state index is 0.681. The van der Waals surface area contributed by atoms with Gasteiger partial charge in [0.25, 0.3) is 0 Å². The molecule has 0 aliphatic rings. The van der Waals surface area contributed by atoms with Gasteiger partial charge in [-0.15, -0.1) is 0 Å². The number of rotatable bonds is 8. The Morgan fingerprint density at radius 2 is 1.81 bits per heavy atom. The quantitative estimate of drug-likeness (QED) is 0.800. The summed E-state index contributed by atoms with van der Waals surface area (Å²) in [7, 11) is 0. The Balaban J connectivity index is 1.72. The third kappa shape index (κ3) is 5.96. The highest BCUT2D eigenvalue weighted by atomic mass is 16.5. The van der Waals surface area contributed by atoms with Crippen LogP contribution in [0.15, 0.2) is 48.8 Å². The molecule has 3 nitrogen and oxygen atoms in total. The number of benzene rings is 1. The molecule has 0 aliphatic heterocycles. The third-order valence-corrected chi connectivity index (χ3v) is 3.27. The topological polar surface area (TPSA) is 34.1 Å². The summed E-state index contributed by atoms with van der Waals surface area (Å²) < 4.78 is 5.72. The molecule has 0 radical (unpaired) electrons. The van der Waals surface area contributed by atoms with Crippen LogP contribution in [0.3, 0.4) is 0 Å². The van der Waals surface area contributed by atoms with Crippen molar-refractivity contribution in [1.29, 1.82) is 0 Å². The second-order valence-corrected chi connectivity index (χ2v) is 5.64. The second-order valence-electron chi connectivity index (χ2n) is 5.64. The molecule has 0 spiro atoms. The number of hydrogen-bond acceptors (Lipinski definition) is 3. The fraction of sp³-hybridized carbons (Fsp3) is 0.389. The van der Waals surface area contributed by atoms with Crippen molar-refractivity contribution in [3.05, 3.63) is 59.9 Å². The standard InChI is InChI=1S/C18H24N2O/c1-15(2)9-11-21-18-7-5-16(6-8-18)12-20-14-17-4-3-10-19-13-17/h3-8,10,13,15,20H,9,11-12,14H2,1-2H3. The number of nitrogens with one attached hydrogen (secondary N) is 1. The van der Waals surface area contributed by atoms with E-state index < -0.39 is 0 Å². The van der Waals surface area contributed by atoms with Gasteiger partial charge in [-0.05, 0) is 41.7 Å². The fourth-order valence-corrected chi connectivity index (χ4v) is 1.97. The number of nitrogens with zero attached hydrogens (tertiary/aromatic N) is 1. The molecule has 1 aromatic heterocycles. The zero-order valence-electron chi connectivity index (χ0n) is 12.9. The molecule has 2 aromatic rings. The Morgan fingerprint density at radius 3 is 2.48 bits per heavy atom. The lowest BCUT2D eigenvalue weighted by atomic mass is 10.1. The molecule has 0 amide bonds. The Bertz CT molecular complexity index is 509. The smallest absolute Gasteiger partial charge is 0.119 e. The molecule has 0 saturated heterocycles. The largest absolute Gasteiger partial charge is 0.494 e. The maximum absolute atomic E-state index is 5.72. The van der Waals surface area contributed by atoms with E-state index >= 15 is 0 Å². The Morgan fingerprint density at radius 1 is 1.05 bits per heavy atom. The van der Waals surface area contributed by atoms with E-state index in [9.17, 15) is 0 Å². The summed E-state index contributed by atoms with van der Waals surface area (Å²) in [6.07, 6.45) is 4.77. The van der Waals surface area contributed by atoms with Crippen LogP contribution in [-0.4, -0.2) is 11.6 Å². The zero-order valence-corrected chi connectivity index (χ0v) is 12.9. The van der Waals surface area contributed by atoms with Crippen LogP contribution in [0.5, 0.6) is 5.75 Å². The van der Waals surface area contributed by atoms with Gasteiger partial charge in [0.1, 0.15) is 5.75 Å². The summed E-state index contributed by atoms with van der Waals surface area (Å²) in [5.41, 5.74) is 2.46. The molecule has 0 unspecified atom stereocenters. The maximum atomic E-state index is 5.72. The van der Waals surface area contributed by atoms with Crippen molar-refractivity contribution in [3.63, 3.8) is 0 Å². The van der Waals surface area contributed by atoms with E-state index in [1.165, 1.54) is 11.1 Å². The van der Waals surface area contributed by atoms with Gasteiger partial charge < -0.3 is 10.1 Å². The predicted molar refractivity (Wildman–Crippen MR) is 86.2 cm³/mol. The molecule has 112 valence electrons. The van der Waals surface area contributed by atoms with E-state index in [0.29, 0.717) is 5.92 Å². The van der Waals surface area contributed by atoms with Crippen LogP contribution in [-0.2, 0) is 13.1 Å². The molecule has 0 aliphatic carbocycles. The van der Waals surface area contributed by atoms with Crippen molar-refractivity contribution in [1.82, 2.24) is 10.3 Å². The number of hydrogen-bond donors (Lipinski definition) is 1. The number of aromatic nitrogens is 1. The van der Waals surface area contributed by atoms with Gasteiger partial charge in [0.2, 0.25) is 0 Å². The number of pyridine rings is 1. The van der Waals surface area contributed by atoms with Crippen LogP contribution >= 0.6 is 0 Å². The summed E-state index contributed by atoms with van der Waals surface area (Å²) in [5.74, 6) is 1.63. The molecule has 21 heavy (non-hydrogen) atoms. The van der Waals surface area contributed by atoms with E-state index in [0.717, 1.165) is 31.9 Å². The minimum atomic E-state index is 0.681. The first-order chi connectivity index (χ1) is 10.2.